The molecular formula is C20H19N3O3S. The number of nitrogens with zero attached hydrogens (tertiary/aromatic N) is 1. The third-order valence-corrected chi connectivity index (χ3v) is 4.67. The molecule has 0 atom stereocenters. The van der Waals surface area contributed by atoms with Crippen molar-refractivity contribution in [2.75, 3.05) is 5.32 Å². The van der Waals surface area contributed by atoms with E-state index in [1.807, 2.05) is 36.6 Å². The fraction of sp³-hybridized carbons (Fsp3) is 0.150. The van der Waals surface area contributed by atoms with Crippen LogP contribution in [-0.4, -0.2) is 16.8 Å². The van der Waals surface area contributed by atoms with E-state index < -0.39 is 5.91 Å². The number of benzene rings is 2. The van der Waals surface area contributed by atoms with Crippen molar-refractivity contribution in [3.63, 3.8) is 0 Å². The molecule has 0 aliphatic carbocycles. The fourth-order valence-electron chi connectivity index (χ4n) is 2.42. The second kappa shape index (κ2) is 8.46. The van der Waals surface area contributed by atoms with Crippen LogP contribution in [0.25, 0.3) is 0 Å². The summed E-state index contributed by atoms with van der Waals surface area (Å²) in [5, 5.41) is 5.38. The van der Waals surface area contributed by atoms with Gasteiger partial charge in [-0.25, -0.2) is 4.98 Å². The average molecular weight is 381 g/mol. The average Bonchev–Trinajstić information content (AvgIpc) is 3.09. The van der Waals surface area contributed by atoms with Crippen LogP contribution in [0.2, 0.25) is 0 Å². The third kappa shape index (κ3) is 5.15. The lowest BCUT2D eigenvalue weighted by Gasteiger charge is -2.07. The highest BCUT2D eigenvalue weighted by atomic mass is 32.1. The summed E-state index contributed by atoms with van der Waals surface area (Å²) >= 11 is 1.39. The van der Waals surface area contributed by atoms with Gasteiger partial charge in [0.15, 0.2) is 0 Å². The van der Waals surface area contributed by atoms with Gasteiger partial charge in [0.05, 0.1) is 17.7 Å². The van der Waals surface area contributed by atoms with Crippen LogP contribution in [0.5, 0.6) is 5.75 Å². The van der Waals surface area contributed by atoms with Gasteiger partial charge in [-0.05, 0) is 31.2 Å². The van der Waals surface area contributed by atoms with Crippen LogP contribution < -0.4 is 15.8 Å². The zero-order chi connectivity index (χ0) is 19.2. The summed E-state index contributed by atoms with van der Waals surface area (Å²) < 4.78 is 5.65. The smallest absolute Gasteiger partial charge is 0.252 e. The number of carbonyl (C=O) groups excluding carboxylic acids is 2. The number of para-hydroxylation sites is 1. The number of aryl methyl sites for hydroxylation is 1. The van der Waals surface area contributed by atoms with Crippen molar-refractivity contribution in [2.24, 2.45) is 5.73 Å². The first-order valence-corrected chi connectivity index (χ1v) is 9.20. The van der Waals surface area contributed by atoms with E-state index in [1.165, 1.54) is 11.3 Å². The van der Waals surface area contributed by atoms with Crippen LogP contribution in [0.15, 0.2) is 53.9 Å². The van der Waals surface area contributed by atoms with Crippen LogP contribution in [0.3, 0.4) is 0 Å². The number of hydrogen-bond donors (Lipinski definition) is 2. The predicted octanol–water partition coefficient (Wildman–Crippen LogP) is 3.31. The van der Waals surface area contributed by atoms with Gasteiger partial charge in [0, 0.05) is 11.1 Å². The zero-order valence-electron chi connectivity index (χ0n) is 14.8. The Morgan fingerprint density at radius 3 is 2.63 bits per heavy atom. The van der Waals surface area contributed by atoms with E-state index in [9.17, 15) is 9.59 Å². The van der Waals surface area contributed by atoms with Crippen molar-refractivity contribution in [3.05, 3.63) is 75.7 Å². The maximum absolute atomic E-state index is 12.1. The molecule has 0 bridgehead atoms. The molecule has 6 nitrogen and oxygen atoms in total. The SMILES string of the molecule is Cc1ccc(NC(=O)Cc2nc(COc3ccccc3C(N)=O)cs2)cc1. The lowest BCUT2D eigenvalue weighted by molar-refractivity contribution is -0.115. The standard InChI is InChI=1S/C20H19N3O3S/c1-13-6-8-14(9-7-13)22-18(24)10-19-23-15(12-27-19)11-26-17-5-3-2-4-16(17)20(21)25/h2-9,12H,10-11H2,1H3,(H2,21,25)(H,22,24). The van der Waals surface area contributed by atoms with E-state index in [1.54, 1.807) is 24.3 Å². The molecule has 0 spiro atoms. The summed E-state index contributed by atoms with van der Waals surface area (Å²) in [7, 11) is 0. The molecule has 1 aromatic heterocycles. The van der Waals surface area contributed by atoms with Crippen LogP contribution in [0, 0.1) is 6.92 Å². The Bertz CT molecular complexity index is 951. The molecule has 0 saturated carbocycles. The maximum atomic E-state index is 12.1. The van der Waals surface area contributed by atoms with Crippen LogP contribution in [-0.2, 0) is 17.8 Å². The minimum Gasteiger partial charge on any atom is -0.486 e. The van der Waals surface area contributed by atoms with Crippen molar-refractivity contribution in [1.82, 2.24) is 4.98 Å². The van der Waals surface area contributed by atoms with Gasteiger partial charge in [-0.1, -0.05) is 29.8 Å². The highest BCUT2D eigenvalue weighted by molar-refractivity contribution is 7.09. The molecule has 1 heterocycles. The Kier molecular flexibility index (Phi) is 5.83. The van der Waals surface area contributed by atoms with E-state index in [4.69, 9.17) is 10.5 Å². The molecule has 2 aromatic carbocycles. The highest BCUT2D eigenvalue weighted by Gasteiger charge is 2.11. The number of aromatic nitrogens is 1. The summed E-state index contributed by atoms with van der Waals surface area (Å²) in [5.41, 5.74) is 8.25. The first-order chi connectivity index (χ1) is 13.0. The first kappa shape index (κ1) is 18.6. The minimum atomic E-state index is -0.544. The van der Waals surface area contributed by atoms with Crippen LogP contribution in [0.4, 0.5) is 5.69 Å². The second-order valence-electron chi connectivity index (χ2n) is 5.97. The number of rotatable bonds is 7. The monoisotopic (exact) mass is 381 g/mol. The van der Waals surface area contributed by atoms with E-state index in [-0.39, 0.29) is 18.9 Å². The number of hydrogen-bond acceptors (Lipinski definition) is 5. The van der Waals surface area contributed by atoms with Gasteiger partial charge in [-0.3, -0.25) is 9.59 Å². The first-order valence-electron chi connectivity index (χ1n) is 8.32. The second-order valence-corrected chi connectivity index (χ2v) is 6.92. The predicted molar refractivity (Wildman–Crippen MR) is 105 cm³/mol. The number of primary amides is 1. The third-order valence-electron chi connectivity index (χ3n) is 3.77. The molecule has 0 aliphatic rings. The Labute approximate surface area is 161 Å². The molecule has 27 heavy (non-hydrogen) atoms. The summed E-state index contributed by atoms with van der Waals surface area (Å²) in [5.74, 6) is -0.256. The van der Waals surface area contributed by atoms with E-state index in [0.29, 0.717) is 22.0 Å². The van der Waals surface area contributed by atoms with E-state index >= 15 is 0 Å². The molecule has 3 N–H and O–H groups in total. The number of anilines is 1. The number of ether oxygens (including phenoxy) is 1. The lowest BCUT2D eigenvalue weighted by atomic mass is 10.2. The summed E-state index contributed by atoms with van der Waals surface area (Å²) in [6.07, 6.45) is 0.191. The molecule has 3 aromatic rings. The van der Waals surface area contributed by atoms with Crippen LogP contribution >= 0.6 is 11.3 Å². The molecule has 3 rings (SSSR count). The van der Waals surface area contributed by atoms with Crippen molar-refractivity contribution in [1.29, 1.82) is 0 Å². The number of amides is 2. The molecule has 2 amide bonds. The molecule has 0 fully saturated rings. The Morgan fingerprint density at radius 1 is 1.15 bits per heavy atom. The number of carbonyl (C=O) groups is 2. The number of nitrogens with one attached hydrogen (secondary N) is 1. The molecule has 138 valence electrons. The number of nitrogens with two attached hydrogens (primary N) is 1. The summed E-state index contributed by atoms with van der Waals surface area (Å²) in [6.45, 7) is 2.19. The fourth-order valence-corrected chi connectivity index (χ4v) is 3.20. The Hall–Kier alpha value is -3.19. The normalized spacial score (nSPS) is 10.4. The van der Waals surface area contributed by atoms with Gasteiger partial charge in [-0.15, -0.1) is 11.3 Å². The van der Waals surface area contributed by atoms with E-state index in [0.717, 1.165) is 11.3 Å². The summed E-state index contributed by atoms with van der Waals surface area (Å²) in [4.78, 5) is 28.0. The number of thiazole rings is 1. The van der Waals surface area contributed by atoms with Crippen molar-refractivity contribution < 1.29 is 14.3 Å². The van der Waals surface area contributed by atoms with Crippen molar-refractivity contribution >= 4 is 28.8 Å². The van der Waals surface area contributed by atoms with E-state index in [2.05, 4.69) is 10.3 Å². The van der Waals surface area contributed by atoms with Gasteiger partial charge < -0.3 is 15.8 Å². The molecular weight excluding hydrogens is 362 g/mol. The molecule has 7 heteroatoms. The zero-order valence-corrected chi connectivity index (χ0v) is 15.6. The van der Waals surface area contributed by atoms with Gasteiger partial charge in [0.25, 0.3) is 5.91 Å². The largest absolute Gasteiger partial charge is 0.486 e. The van der Waals surface area contributed by atoms with Gasteiger partial charge in [0.2, 0.25) is 5.91 Å². The Balaban J connectivity index is 1.56. The van der Waals surface area contributed by atoms with Crippen molar-refractivity contribution in [3.8, 4) is 5.75 Å². The molecule has 0 radical (unpaired) electrons. The quantitative estimate of drug-likeness (QED) is 0.656. The highest BCUT2D eigenvalue weighted by Crippen LogP contribution is 2.20. The van der Waals surface area contributed by atoms with Gasteiger partial charge in [0.1, 0.15) is 17.4 Å². The minimum absolute atomic E-state index is 0.125. The van der Waals surface area contributed by atoms with Gasteiger partial charge >= 0.3 is 0 Å². The lowest BCUT2D eigenvalue weighted by Crippen LogP contribution is -2.14. The Morgan fingerprint density at radius 2 is 1.89 bits per heavy atom. The van der Waals surface area contributed by atoms with Crippen molar-refractivity contribution in [2.45, 2.75) is 20.0 Å². The topological polar surface area (TPSA) is 94.3 Å². The molecule has 0 unspecified atom stereocenters. The van der Waals surface area contributed by atoms with Crippen LogP contribution in [0.1, 0.15) is 26.6 Å². The molecule has 0 saturated heterocycles. The summed E-state index contributed by atoms with van der Waals surface area (Å²) in [6, 6.07) is 14.4. The molecule has 0 aliphatic heterocycles. The van der Waals surface area contributed by atoms with Gasteiger partial charge in [-0.2, -0.15) is 0 Å². The maximum Gasteiger partial charge on any atom is 0.252 e.